The summed E-state index contributed by atoms with van der Waals surface area (Å²) in [4.78, 5) is 5.36. The Bertz CT molecular complexity index is 737. The molecular weight excluding hydrogens is 292 g/mol. The van der Waals surface area contributed by atoms with Gasteiger partial charge in [0.2, 0.25) is 0 Å². The van der Waals surface area contributed by atoms with Gasteiger partial charge in [-0.05, 0) is 29.1 Å². The minimum Gasteiger partial charge on any atom is -0.328 e. The zero-order valence-corrected chi connectivity index (χ0v) is 11.9. The molecule has 0 amide bonds. The highest BCUT2D eigenvalue weighted by Gasteiger charge is 2.13. The third kappa shape index (κ3) is 2.86. The molecule has 0 aliphatic heterocycles. The van der Waals surface area contributed by atoms with E-state index in [1.54, 1.807) is 17.5 Å². The summed E-state index contributed by atoms with van der Waals surface area (Å²) in [6.07, 6.45) is 3.53. The van der Waals surface area contributed by atoms with E-state index >= 15 is 0 Å². The van der Waals surface area contributed by atoms with E-state index in [9.17, 15) is 8.78 Å². The highest BCUT2D eigenvalue weighted by atomic mass is 32.1. The first-order chi connectivity index (χ1) is 10.1. The van der Waals surface area contributed by atoms with Crippen LogP contribution in [0.4, 0.5) is 8.78 Å². The third-order valence-corrected chi connectivity index (χ3v) is 4.09. The van der Waals surface area contributed by atoms with E-state index in [1.165, 1.54) is 6.07 Å². The lowest BCUT2D eigenvalue weighted by Crippen LogP contribution is -2.18. The molecule has 6 heteroatoms. The van der Waals surface area contributed by atoms with Crippen LogP contribution in [0.3, 0.4) is 0 Å². The van der Waals surface area contributed by atoms with Crippen LogP contribution in [0.5, 0.6) is 0 Å². The molecule has 1 aromatic carbocycles. The van der Waals surface area contributed by atoms with Gasteiger partial charge in [0.25, 0.3) is 0 Å². The fraction of sp³-hybridized carbons (Fsp3) is 0.133. The quantitative estimate of drug-likeness (QED) is 0.800. The van der Waals surface area contributed by atoms with Crippen LogP contribution in [0, 0.1) is 11.6 Å². The Morgan fingerprint density at radius 3 is 2.81 bits per heavy atom. The van der Waals surface area contributed by atoms with Gasteiger partial charge >= 0.3 is 0 Å². The summed E-state index contributed by atoms with van der Waals surface area (Å²) in [5.74, 6) is -0.928. The van der Waals surface area contributed by atoms with Gasteiger partial charge in [-0.15, -0.1) is 11.3 Å². The molecule has 0 aliphatic carbocycles. The molecule has 0 saturated heterocycles. The molecule has 1 unspecified atom stereocenters. The number of hydrogen-bond donors (Lipinski definition) is 1. The van der Waals surface area contributed by atoms with Gasteiger partial charge in [-0.2, -0.15) is 0 Å². The molecular formula is C15H13F2N3S. The standard InChI is InChI=1S/C15H13F2N3S/c16-11-4-3-10(8-12(11)17)13(18)9-20-6-5-19-15(20)14-2-1-7-21-14/h1-8,13H,9,18H2. The van der Waals surface area contributed by atoms with Gasteiger partial charge in [0.1, 0.15) is 5.82 Å². The zero-order valence-electron chi connectivity index (χ0n) is 11.0. The molecule has 0 radical (unpaired) electrons. The fourth-order valence-corrected chi connectivity index (χ4v) is 2.88. The van der Waals surface area contributed by atoms with Crippen LogP contribution in [-0.2, 0) is 6.54 Å². The number of nitrogens with two attached hydrogens (primary N) is 1. The molecule has 0 aliphatic rings. The van der Waals surface area contributed by atoms with Crippen LogP contribution in [0.25, 0.3) is 10.7 Å². The first kappa shape index (κ1) is 13.9. The Kier molecular flexibility index (Phi) is 3.81. The van der Waals surface area contributed by atoms with Gasteiger partial charge < -0.3 is 10.3 Å². The predicted molar refractivity (Wildman–Crippen MR) is 78.8 cm³/mol. The summed E-state index contributed by atoms with van der Waals surface area (Å²) >= 11 is 1.59. The van der Waals surface area contributed by atoms with Crippen LogP contribution >= 0.6 is 11.3 Å². The smallest absolute Gasteiger partial charge is 0.159 e. The highest BCUT2D eigenvalue weighted by molar-refractivity contribution is 7.13. The van der Waals surface area contributed by atoms with Gasteiger partial charge in [-0.1, -0.05) is 12.1 Å². The van der Waals surface area contributed by atoms with Crippen molar-refractivity contribution in [3.8, 4) is 10.7 Å². The molecule has 3 nitrogen and oxygen atoms in total. The first-order valence-electron chi connectivity index (χ1n) is 6.40. The Hall–Kier alpha value is -2.05. The lowest BCUT2D eigenvalue weighted by molar-refractivity contribution is 0.501. The van der Waals surface area contributed by atoms with Gasteiger partial charge in [0.05, 0.1) is 4.88 Å². The zero-order chi connectivity index (χ0) is 14.8. The second-order valence-corrected chi connectivity index (χ2v) is 5.61. The van der Waals surface area contributed by atoms with Crippen molar-refractivity contribution in [2.45, 2.75) is 12.6 Å². The van der Waals surface area contributed by atoms with E-state index in [-0.39, 0.29) is 0 Å². The number of rotatable bonds is 4. The summed E-state index contributed by atoms with van der Waals surface area (Å²) < 4.78 is 28.1. The van der Waals surface area contributed by atoms with Crippen molar-refractivity contribution >= 4 is 11.3 Å². The third-order valence-electron chi connectivity index (χ3n) is 3.22. The lowest BCUT2D eigenvalue weighted by atomic mass is 10.1. The molecule has 1 atom stereocenters. The van der Waals surface area contributed by atoms with Crippen molar-refractivity contribution in [2.24, 2.45) is 5.73 Å². The SMILES string of the molecule is NC(Cn1ccnc1-c1cccs1)c1ccc(F)c(F)c1. The first-order valence-corrected chi connectivity index (χ1v) is 7.28. The van der Waals surface area contributed by atoms with Crippen LogP contribution < -0.4 is 5.73 Å². The minimum atomic E-state index is -0.882. The van der Waals surface area contributed by atoms with E-state index in [0.29, 0.717) is 12.1 Å². The molecule has 0 bridgehead atoms. The summed E-state index contributed by atoms with van der Waals surface area (Å²) in [5.41, 5.74) is 6.65. The normalized spacial score (nSPS) is 12.5. The fourth-order valence-electron chi connectivity index (χ4n) is 2.15. The topological polar surface area (TPSA) is 43.8 Å². The molecule has 0 fully saturated rings. The molecule has 2 N–H and O–H groups in total. The largest absolute Gasteiger partial charge is 0.328 e. The second-order valence-electron chi connectivity index (χ2n) is 4.66. The Morgan fingerprint density at radius 1 is 1.24 bits per heavy atom. The molecule has 0 saturated carbocycles. The summed E-state index contributed by atoms with van der Waals surface area (Å²) in [6.45, 7) is 0.443. The minimum absolute atomic E-state index is 0.437. The molecule has 21 heavy (non-hydrogen) atoms. The Balaban J connectivity index is 1.84. The molecule has 108 valence electrons. The number of hydrogen-bond acceptors (Lipinski definition) is 3. The number of thiophene rings is 1. The lowest BCUT2D eigenvalue weighted by Gasteiger charge is -2.15. The van der Waals surface area contributed by atoms with E-state index in [0.717, 1.165) is 22.8 Å². The summed E-state index contributed by atoms with van der Waals surface area (Å²) in [6, 6.07) is 7.24. The van der Waals surface area contributed by atoms with Crippen LogP contribution in [-0.4, -0.2) is 9.55 Å². The predicted octanol–water partition coefficient (Wildman–Crippen LogP) is 3.59. The Labute approximate surface area is 124 Å². The average molecular weight is 305 g/mol. The van der Waals surface area contributed by atoms with Crippen molar-refractivity contribution in [1.29, 1.82) is 0 Å². The Morgan fingerprint density at radius 2 is 2.10 bits per heavy atom. The monoisotopic (exact) mass is 305 g/mol. The maximum atomic E-state index is 13.3. The summed E-state index contributed by atoms with van der Waals surface area (Å²) in [7, 11) is 0. The number of imidazole rings is 1. The van der Waals surface area contributed by atoms with Gasteiger partial charge in [0.15, 0.2) is 11.6 Å². The van der Waals surface area contributed by atoms with Crippen molar-refractivity contribution in [1.82, 2.24) is 9.55 Å². The van der Waals surface area contributed by atoms with Crippen molar-refractivity contribution in [3.63, 3.8) is 0 Å². The van der Waals surface area contributed by atoms with Crippen LogP contribution in [0.2, 0.25) is 0 Å². The van der Waals surface area contributed by atoms with Gasteiger partial charge in [-0.3, -0.25) is 0 Å². The molecule has 2 heterocycles. The van der Waals surface area contributed by atoms with Crippen molar-refractivity contribution in [2.75, 3.05) is 0 Å². The molecule has 0 spiro atoms. The summed E-state index contributed by atoms with van der Waals surface area (Å²) in [5, 5.41) is 1.98. The average Bonchev–Trinajstić information content (AvgIpc) is 3.12. The molecule has 3 rings (SSSR count). The van der Waals surface area contributed by atoms with Crippen molar-refractivity contribution < 1.29 is 8.78 Å². The number of aromatic nitrogens is 2. The van der Waals surface area contributed by atoms with Gasteiger partial charge in [0, 0.05) is 25.0 Å². The van der Waals surface area contributed by atoms with E-state index in [2.05, 4.69) is 4.98 Å². The molecule has 2 aromatic heterocycles. The van der Waals surface area contributed by atoms with Crippen molar-refractivity contribution in [3.05, 3.63) is 65.3 Å². The molecule has 3 aromatic rings. The maximum absolute atomic E-state index is 13.3. The van der Waals surface area contributed by atoms with Crippen LogP contribution in [0.1, 0.15) is 11.6 Å². The highest BCUT2D eigenvalue weighted by Crippen LogP contribution is 2.24. The second kappa shape index (κ2) is 5.75. The number of benzene rings is 1. The number of nitrogens with zero attached hydrogens (tertiary/aromatic N) is 2. The van der Waals surface area contributed by atoms with Gasteiger partial charge in [-0.25, -0.2) is 13.8 Å². The van der Waals surface area contributed by atoms with E-state index in [4.69, 9.17) is 5.73 Å². The van der Waals surface area contributed by atoms with Crippen LogP contribution in [0.15, 0.2) is 48.1 Å². The maximum Gasteiger partial charge on any atom is 0.159 e. The van der Waals surface area contributed by atoms with E-state index < -0.39 is 17.7 Å². The number of halogens is 2. The van der Waals surface area contributed by atoms with E-state index in [1.807, 2.05) is 28.3 Å².